The second-order valence-corrected chi connectivity index (χ2v) is 4.19. The largest absolute Gasteiger partial charge is 0.399 e. The van der Waals surface area contributed by atoms with E-state index in [1.165, 1.54) is 11.3 Å². The number of nitrogens with zero attached hydrogens (tertiary/aromatic N) is 1. The molecule has 0 spiro atoms. The molecular weight excluding hydrogens is 246 g/mol. The van der Waals surface area contributed by atoms with Gasteiger partial charge in [-0.05, 0) is 18.2 Å². The first-order chi connectivity index (χ1) is 7.66. The van der Waals surface area contributed by atoms with Gasteiger partial charge in [-0.15, -0.1) is 11.3 Å². The maximum atomic E-state index is 11.7. The van der Waals surface area contributed by atoms with Gasteiger partial charge in [0.1, 0.15) is 5.69 Å². The number of rotatable bonds is 2. The van der Waals surface area contributed by atoms with Crippen LogP contribution < -0.4 is 11.1 Å². The quantitative estimate of drug-likeness (QED) is 0.809. The molecule has 0 saturated heterocycles. The first-order valence-electron chi connectivity index (χ1n) is 4.41. The molecule has 2 rings (SSSR count). The van der Waals surface area contributed by atoms with Gasteiger partial charge in [-0.2, -0.15) is 0 Å². The predicted octanol–water partition coefficient (Wildman–Crippen LogP) is 2.63. The third-order valence-electron chi connectivity index (χ3n) is 1.91. The van der Waals surface area contributed by atoms with Gasteiger partial charge < -0.3 is 11.1 Å². The molecule has 1 amide bonds. The molecule has 0 aliphatic carbocycles. The van der Waals surface area contributed by atoms with E-state index >= 15 is 0 Å². The summed E-state index contributed by atoms with van der Waals surface area (Å²) >= 11 is 7.28. The number of aromatic nitrogens is 1. The van der Waals surface area contributed by atoms with E-state index in [4.69, 9.17) is 17.3 Å². The van der Waals surface area contributed by atoms with Crippen molar-refractivity contribution in [2.75, 3.05) is 11.1 Å². The van der Waals surface area contributed by atoms with Gasteiger partial charge in [0.05, 0.1) is 16.2 Å². The number of hydrogen-bond acceptors (Lipinski definition) is 4. The molecule has 1 aromatic carbocycles. The summed E-state index contributed by atoms with van der Waals surface area (Å²) in [6.45, 7) is 0. The fourth-order valence-electron chi connectivity index (χ4n) is 1.14. The van der Waals surface area contributed by atoms with Gasteiger partial charge >= 0.3 is 0 Å². The van der Waals surface area contributed by atoms with E-state index in [0.29, 0.717) is 22.1 Å². The number of hydrogen-bond donors (Lipinski definition) is 2. The lowest BCUT2D eigenvalue weighted by atomic mass is 10.3. The number of thiazole rings is 1. The average Bonchev–Trinajstić information content (AvgIpc) is 2.75. The van der Waals surface area contributed by atoms with Crippen molar-refractivity contribution >= 4 is 40.2 Å². The number of nitrogen functional groups attached to an aromatic ring is 1. The van der Waals surface area contributed by atoms with E-state index in [2.05, 4.69) is 10.3 Å². The SMILES string of the molecule is Nc1ccc(NC(=O)c2cscn2)c(Cl)c1. The van der Waals surface area contributed by atoms with Crippen LogP contribution in [0.15, 0.2) is 29.1 Å². The second-order valence-electron chi connectivity index (χ2n) is 3.07. The minimum absolute atomic E-state index is 0.284. The van der Waals surface area contributed by atoms with E-state index in [-0.39, 0.29) is 5.91 Å². The van der Waals surface area contributed by atoms with E-state index in [9.17, 15) is 4.79 Å². The second kappa shape index (κ2) is 4.51. The summed E-state index contributed by atoms with van der Waals surface area (Å²) in [5, 5.41) is 4.73. The molecule has 0 unspecified atom stereocenters. The molecule has 82 valence electrons. The van der Waals surface area contributed by atoms with Crippen molar-refractivity contribution in [1.29, 1.82) is 0 Å². The van der Waals surface area contributed by atoms with Gasteiger partial charge in [-0.3, -0.25) is 4.79 Å². The number of carbonyl (C=O) groups excluding carboxylic acids is 1. The molecule has 0 fully saturated rings. The van der Waals surface area contributed by atoms with Crippen LogP contribution in [0.3, 0.4) is 0 Å². The van der Waals surface area contributed by atoms with E-state index in [0.717, 1.165) is 0 Å². The molecular formula is C10H8ClN3OS. The van der Waals surface area contributed by atoms with E-state index in [1.807, 2.05) is 0 Å². The van der Waals surface area contributed by atoms with Crippen LogP contribution in [-0.2, 0) is 0 Å². The van der Waals surface area contributed by atoms with Crippen LogP contribution in [0.5, 0.6) is 0 Å². The van der Waals surface area contributed by atoms with Gasteiger partial charge in [-0.25, -0.2) is 4.98 Å². The average molecular weight is 254 g/mol. The Morgan fingerprint density at radius 3 is 2.94 bits per heavy atom. The zero-order chi connectivity index (χ0) is 11.5. The highest BCUT2D eigenvalue weighted by Gasteiger charge is 2.09. The molecule has 1 heterocycles. The van der Waals surface area contributed by atoms with Gasteiger partial charge in [0, 0.05) is 11.1 Å². The van der Waals surface area contributed by atoms with Crippen molar-refractivity contribution in [3.8, 4) is 0 Å². The van der Waals surface area contributed by atoms with Crippen molar-refractivity contribution in [2.45, 2.75) is 0 Å². The molecule has 0 bridgehead atoms. The molecule has 0 aliphatic rings. The topological polar surface area (TPSA) is 68.0 Å². The Balaban J connectivity index is 2.18. The van der Waals surface area contributed by atoms with Crippen molar-refractivity contribution in [2.24, 2.45) is 0 Å². The summed E-state index contributed by atoms with van der Waals surface area (Å²) in [5.41, 5.74) is 8.59. The predicted molar refractivity (Wildman–Crippen MR) is 65.9 cm³/mol. The Kier molecular flexibility index (Phi) is 3.07. The lowest BCUT2D eigenvalue weighted by Crippen LogP contribution is -2.12. The molecule has 0 radical (unpaired) electrons. The summed E-state index contributed by atoms with van der Waals surface area (Å²) < 4.78 is 0. The molecule has 16 heavy (non-hydrogen) atoms. The molecule has 0 saturated carbocycles. The summed E-state index contributed by atoms with van der Waals surface area (Å²) in [5.74, 6) is -0.284. The lowest BCUT2D eigenvalue weighted by Gasteiger charge is -2.05. The van der Waals surface area contributed by atoms with Crippen LogP contribution in [-0.4, -0.2) is 10.9 Å². The molecule has 2 aromatic rings. The highest BCUT2D eigenvalue weighted by molar-refractivity contribution is 7.07. The number of carbonyl (C=O) groups is 1. The maximum absolute atomic E-state index is 11.7. The monoisotopic (exact) mass is 253 g/mol. The fraction of sp³-hybridized carbons (Fsp3) is 0. The Bertz CT molecular complexity index is 513. The molecule has 0 atom stereocenters. The minimum atomic E-state index is -0.284. The van der Waals surface area contributed by atoms with Gasteiger partial charge in [0.25, 0.3) is 5.91 Å². The standard InChI is InChI=1S/C10H8ClN3OS/c11-7-3-6(12)1-2-8(7)14-10(15)9-4-16-5-13-9/h1-5H,12H2,(H,14,15). The summed E-state index contributed by atoms with van der Waals surface area (Å²) in [6, 6.07) is 4.91. The Morgan fingerprint density at radius 2 is 2.31 bits per heavy atom. The highest BCUT2D eigenvalue weighted by atomic mass is 35.5. The van der Waals surface area contributed by atoms with Crippen molar-refractivity contribution < 1.29 is 4.79 Å². The fourth-order valence-corrected chi connectivity index (χ4v) is 1.91. The summed E-state index contributed by atoms with van der Waals surface area (Å²) in [6.07, 6.45) is 0. The van der Waals surface area contributed by atoms with Gasteiger partial charge in [0.15, 0.2) is 0 Å². The zero-order valence-corrected chi connectivity index (χ0v) is 9.68. The molecule has 1 aromatic heterocycles. The van der Waals surface area contributed by atoms with Crippen LogP contribution >= 0.6 is 22.9 Å². The number of nitrogens with two attached hydrogens (primary N) is 1. The smallest absolute Gasteiger partial charge is 0.275 e. The van der Waals surface area contributed by atoms with Crippen LogP contribution in [0.4, 0.5) is 11.4 Å². The van der Waals surface area contributed by atoms with Crippen molar-refractivity contribution in [3.63, 3.8) is 0 Å². The molecule has 6 heteroatoms. The third kappa shape index (κ3) is 2.32. The number of nitrogens with one attached hydrogen (secondary N) is 1. The zero-order valence-electron chi connectivity index (χ0n) is 8.11. The van der Waals surface area contributed by atoms with Crippen molar-refractivity contribution in [1.82, 2.24) is 4.98 Å². The first-order valence-corrected chi connectivity index (χ1v) is 5.73. The molecule has 4 nitrogen and oxygen atoms in total. The first kappa shape index (κ1) is 10.9. The number of anilines is 2. The Morgan fingerprint density at radius 1 is 1.50 bits per heavy atom. The summed E-state index contributed by atoms with van der Waals surface area (Å²) in [7, 11) is 0. The van der Waals surface area contributed by atoms with E-state index < -0.39 is 0 Å². The Labute approximate surface area is 101 Å². The summed E-state index contributed by atoms with van der Waals surface area (Å²) in [4.78, 5) is 15.6. The molecule has 3 N–H and O–H groups in total. The van der Waals surface area contributed by atoms with Gasteiger partial charge in [0.2, 0.25) is 0 Å². The third-order valence-corrected chi connectivity index (χ3v) is 2.81. The highest BCUT2D eigenvalue weighted by Crippen LogP contribution is 2.24. The van der Waals surface area contributed by atoms with Crippen LogP contribution in [0.2, 0.25) is 5.02 Å². The van der Waals surface area contributed by atoms with Crippen LogP contribution in [0.1, 0.15) is 10.5 Å². The minimum Gasteiger partial charge on any atom is -0.399 e. The lowest BCUT2D eigenvalue weighted by molar-refractivity contribution is 0.102. The van der Waals surface area contributed by atoms with Gasteiger partial charge in [-0.1, -0.05) is 11.6 Å². The van der Waals surface area contributed by atoms with Crippen molar-refractivity contribution in [3.05, 3.63) is 39.8 Å². The maximum Gasteiger partial charge on any atom is 0.275 e. The number of benzene rings is 1. The van der Waals surface area contributed by atoms with E-state index in [1.54, 1.807) is 29.1 Å². The normalized spacial score (nSPS) is 10.1. The number of halogens is 1. The van der Waals surface area contributed by atoms with Crippen LogP contribution in [0, 0.1) is 0 Å². The number of amides is 1. The van der Waals surface area contributed by atoms with Crippen LogP contribution in [0.25, 0.3) is 0 Å². The Hall–Kier alpha value is -1.59. The molecule has 0 aliphatic heterocycles.